The molecule has 0 aliphatic carbocycles. The van der Waals surface area contributed by atoms with Crippen molar-refractivity contribution in [2.24, 2.45) is 5.73 Å². The molecule has 1 aliphatic heterocycles. The van der Waals surface area contributed by atoms with E-state index < -0.39 is 0 Å². The quantitative estimate of drug-likeness (QED) is 0.598. The fourth-order valence-corrected chi connectivity index (χ4v) is 1.22. The molecule has 1 saturated heterocycles. The Kier molecular flexibility index (Phi) is 2.34. The molecule has 0 aromatic heterocycles. The molecule has 0 unspecified atom stereocenters. The lowest BCUT2D eigenvalue weighted by Crippen LogP contribution is -2.38. The van der Waals surface area contributed by atoms with Gasteiger partial charge in [0.2, 0.25) is 0 Å². The van der Waals surface area contributed by atoms with Gasteiger partial charge in [-0.1, -0.05) is 0 Å². The van der Waals surface area contributed by atoms with Crippen molar-refractivity contribution in [2.45, 2.75) is 13.0 Å². The maximum atomic E-state index is 11.2. The summed E-state index contributed by atoms with van der Waals surface area (Å²) >= 11 is 0. The van der Waals surface area contributed by atoms with Gasteiger partial charge in [-0.25, -0.2) is 4.79 Å². The molecule has 0 aromatic rings. The molecular formula is C7H15N3O. The summed E-state index contributed by atoms with van der Waals surface area (Å²) < 4.78 is 0. The molecule has 0 saturated carbocycles. The summed E-state index contributed by atoms with van der Waals surface area (Å²) in [4.78, 5) is 14.7. The Bertz CT molecular complexity index is 158. The van der Waals surface area contributed by atoms with Gasteiger partial charge in [-0.2, -0.15) is 0 Å². The second-order valence-electron chi connectivity index (χ2n) is 3.13. The Labute approximate surface area is 66.9 Å². The summed E-state index contributed by atoms with van der Waals surface area (Å²) in [6.45, 7) is 4.22. The first-order chi connectivity index (χ1) is 5.11. The van der Waals surface area contributed by atoms with Gasteiger partial charge in [0.25, 0.3) is 0 Å². The van der Waals surface area contributed by atoms with Gasteiger partial charge in [0, 0.05) is 32.7 Å². The third kappa shape index (κ3) is 1.83. The van der Waals surface area contributed by atoms with E-state index in [1.807, 2.05) is 14.0 Å². The van der Waals surface area contributed by atoms with Crippen molar-refractivity contribution in [1.82, 2.24) is 9.80 Å². The molecule has 1 atom stereocenters. The van der Waals surface area contributed by atoms with Gasteiger partial charge in [-0.05, 0) is 6.92 Å². The Morgan fingerprint density at radius 2 is 2.27 bits per heavy atom. The summed E-state index contributed by atoms with van der Waals surface area (Å²) in [5.74, 6) is 0. The van der Waals surface area contributed by atoms with Gasteiger partial charge < -0.3 is 15.5 Å². The highest BCUT2D eigenvalue weighted by molar-refractivity contribution is 5.76. The molecule has 11 heavy (non-hydrogen) atoms. The van der Waals surface area contributed by atoms with E-state index in [9.17, 15) is 4.79 Å². The largest absolute Gasteiger partial charge is 0.326 e. The van der Waals surface area contributed by atoms with Crippen LogP contribution >= 0.6 is 0 Å². The van der Waals surface area contributed by atoms with Crippen molar-refractivity contribution in [3.63, 3.8) is 0 Å². The lowest BCUT2D eigenvalue weighted by molar-refractivity contribution is 0.197. The lowest BCUT2D eigenvalue weighted by Gasteiger charge is -2.17. The number of hydrogen-bond acceptors (Lipinski definition) is 2. The highest BCUT2D eigenvalue weighted by atomic mass is 16.2. The number of hydrogen-bond donors (Lipinski definition) is 1. The number of nitrogens with zero attached hydrogens (tertiary/aromatic N) is 2. The number of nitrogens with two attached hydrogens (primary N) is 1. The zero-order valence-electron chi connectivity index (χ0n) is 7.08. The van der Waals surface area contributed by atoms with Crippen molar-refractivity contribution >= 4 is 6.03 Å². The van der Waals surface area contributed by atoms with Crippen LogP contribution in [-0.4, -0.2) is 48.6 Å². The van der Waals surface area contributed by atoms with Crippen LogP contribution in [-0.2, 0) is 0 Å². The molecule has 2 N–H and O–H groups in total. The standard InChI is InChI=1S/C7H15N3O/c1-6(8)5-10-4-3-9(2)7(10)11/h6H,3-5,8H2,1-2H3/t6-/m0/s1. The van der Waals surface area contributed by atoms with E-state index in [2.05, 4.69) is 0 Å². The van der Waals surface area contributed by atoms with Gasteiger partial charge in [0.05, 0.1) is 0 Å². The first-order valence-electron chi connectivity index (χ1n) is 3.87. The van der Waals surface area contributed by atoms with E-state index in [0.29, 0.717) is 6.54 Å². The van der Waals surface area contributed by atoms with Crippen LogP contribution < -0.4 is 5.73 Å². The number of rotatable bonds is 2. The van der Waals surface area contributed by atoms with Gasteiger partial charge in [-0.3, -0.25) is 0 Å². The second-order valence-corrected chi connectivity index (χ2v) is 3.13. The zero-order valence-corrected chi connectivity index (χ0v) is 7.08. The smallest absolute Gasteiger partial charge is 0.319 e. The molecular weight excluding hydrogens is 142 g/mol. The van der Waals surface area contributed by atoms with Crippen molar-refractivity contribution < 1.29 is 4.79 Å². The molecule has 4 heteroatoms. The van der Waals surface area contributed by atoms with E-state index in [0.717, 1.165) is 13.1 Å². The molecule has 2 amide bonds. The molecule has 1 rings (SSSR count). The lowest BCUT2D eigenvalue weighted by atomic mass is 10.3. The Hall–Kier alpha value is -0.770. The average Bonchev–Trinajstić information content (AvgIpc) is 2.18. The molecule has 0 radical (unpaired) electrons. The van der Waals surface area contributed by atoms with Crippen LogP contribution in [0, 0.1) is 0 Å². The highest BCUT2D eigenvalue weighted by Gasteiger charge is 2.25. The van der Waals surface area contributed by atoms with Crippen molar-refractivity contribution in [1.29, 1.82) is 0 Å². The van der Waals surface area contributed by atoms with Gasteiger partial charge in [0.1, 0.15) is 0 Å². The second kappa shape index (κ2) is 3.09. The fourth-order valence-electron chi connectivity index (χ4n) is 1.22. The molecule has 1 heterocycles. The van der Waals surface area contributed by atoms with Crippen LogP contribution in [0.3, 0.4) is 0 Å². The van der Waals surface area contributed by atoms with Crippen molar-refractivity contribution in [3.8, 4) is 0 Å². The van der Waals surface area contributed by atoms with Gasteiger partial charge in [-0.15, -0.1) is 0 Å². The van der Waals surface area contributed by atoms with E-state index in [1.54, 1.807) is 9.80 Å². The summed E-state index contributed by atoms with van der Waals surface area (Å²) in [5, 5.41) is 0. The molecule has 4 nitrogen and oxygen atoms in total. The van der Waals surface area contributed by atoms with E-state index in [1.165, 1.54) is 0 Å². The number of urea groups is 1. The fraction of sp³-hybridized carbons (Fsp3) is 0.857. The minimum atomic E-state index is 0.0745. The minimum Gasteiger partial charge on any atom is -0.326 e. The molecule has 64 valence electrons. The Balaban J connectivity index is 2.42. The van der Waals surface area contributed by atoms with Crippen LogP contribution in [0.2, 0.25) is 0 Å². The highest BCUT2D eigenvalue weighted by Crippen LogP contribution is 2.05. The third-order valence-electron chi connectivity index (χ3n) is 1.81. The first kappa shape index (κ1) is 8.33. The number of carbonyl (C=O) groups excluding carboxylic acids is 1. The summed E-state index contributed by atoms with van der Waals surface area (Å²) in [5.41, 5.74) is 5.57. The molecule has 1 aliphatic rings. The van der Waals surface area contributed by atoms with Crippen LogP contribution in [0.25, 0.3) is 0 Å². The summed E-state index contributed by atoms with van der Waals surface area (Å²) in [6, 6.07) is 0.174. The maximum absolute atomic E-state index is 11.2. The number of amides is 2. The van der Waals surface area contributed by atoms with Crippen LogP contribution in [0.5, 0.6) is 0 Å². The molecule has 0 spiro atoms. The van der Waals surface area contributed by atoms with Crippen LogP contribution in [0.15, 0.2) is 0 Å². The molecule has 1 fully saturated rings. The Morgan fingerprint density at radius 3 is 2.64 bits per heavy atom. The number of likely N-dealkylation sites (N-methyl/N-ethyl adjacent to an activating group) is 1. The minimum absolute atomic E-state index is 0.0745. The van der Waals surface area contributed by atoms with Gasteiger partial charge >= 0.3 is 6.03 Å². The first-order valence-corrected chi connectivity index (χ1v) is 3.87. The topological polar surface area (TPSA) is 49.6 Å². The maximum Gasteiger partial charge on any atom is 0.319 e. The number of carbonyl (C=O) groups is 1. The predicted octanol–water partition coefficient (Wildman–Crippen LogP) is -0.299. The zero-order chi connectivity index (χ0) is 8.43. The van der Waals surface area contributed by atoms with E-state index >= 15 is 0 Å². The van der Waals surface area contributed by atoms with E-state index in [4.69, 9.17) is 5.73 Å². The van der Waals surface area contributed by atoms with Crippen molar-refractivity contribution in [2.75, 3.05) is 26.7 Å². The average molecular weight is 157 g/mol. The Morgan fingerprint density at radius 1 is 1.64 bits per heavy atom. The third-order valence-corrected chi connectivity index (χ3v) is 1.81. The van der Waals surface area contributed by atoms with Crippen molar-refractivity contribution in [3.05, 3.63) is 0 Å². The van der Waals surface area contributed by atoms with Crippen LogP contribution in [0.4, 0.5) is 4.79 Å². The summed E-state index contributed by atoms with van der Waals surface area (Å²) in [7, 11) is 1.81. The molecule has 0 bridgehead atoms. The van der Waals surface area contributed by atoms with Crippen LogP contribution in [0.1, 0.15) is 6.92 Å². The van der Waals surface area contributed by atoms with Gasteiger partial charge in [0.15, 0.2) is 0 Å². The normalized spacial score (nSPS) is 21.2. The predicted molar refractivity (Wildman–Crippen MR) is 43.2 cm³/mol. The SMILES string of the molecule is C[C@H](N)CN1CCN(C)C1=O. The summed E-state index contributed by atoms with van der Waals surface area (Å²) in [6.07, 6.45) is 0. The molecule has 0 aromatic carbocycles. The van der Waals surface area contributed by atoms with E-state index in [-0.39, 0.29) is 12.1 Å². The monoisotopic (exact) mass is 157 g/mol.